The van der Waals surface area contributed by atoms with Crippen molar-refractivity contribution in [1.29, 1.82) is 0 Å². The normalized spacial score (nSPS) is 11.4. The zero-order chi connectivity index (χ0) is 15.1. The molecule has 19 heavy (non-hydrogen) atoms. The van der Waals surface area contributed by atoms with Crippen LogP contribution in [0.4, 0.5) is 0 Å². The van der Waals surface area contributed by atoms with E-state index in [1.807, 2.05) is 32.0 Å². The fourth-order valence-corrected chi connectivity index (χ4v) is 1.50. The number of phenols is 1. The number of aliphatic imine (C=N–C) groups is 1. The van der Waals surface area contributed by atoms with Crippen LogP contribution in [0, 0.1) is 0 Å². The molecular weight excluding hydrogens is 360 g/mol. The number of aromatic hydroxyl groups is 1. The molecule has 1 aromatic carbocycles. The zero-order valence-electron chi connectivity index (χ0n) is 12.0. The van der Waals surface area contributed by atoms with Crippen LogP contribution in [0.1, 0.15) is 45.7 Å². The van der Waals surface area contributed by atoms with Crippen LogP contribution in [0.2, 0.25) is 0 Å². The number of hydrogen-bond acceptors (Lipinski definition) is 2. The van der Waals surface area contributed by atoms with Gasteiger partial charge in [-0.3, -0.25) is 4.99 Å². The molecule has 5 heteroatoms. The first-order valence-corrected chi connectivity index (χ1v) is 12.4. The van der Waals surface area contributed by atoms with E-state index in [4.69, 9.17) is 17.0 Å². The van der Waals surface area contributed by atoms with E-state index in [1.54, 1.807) is 6.21 Å². The Morgan fingerprint density at radius 2 is 1.79 bits per heavy atom. The van der Waals surface area contributed by atoms with Crippen molar-refractivity contribution in [2.24, 2.45) is 4.99 Å². The predicted molar refractivity (Wildman–Crippen MR) is 81.2 cm³/mol. The Labute approximate surface area is 134 Å². The molecule has 1 N–H and O–H groups in total. The van der Waals surface area contributed by atoms with Crippen molar-refractivity contribution < 1.29 is 26.0 Å². The molecule has 0 aromatic heterocycles. The standard InChI is InChI=1S/C14H21NO.2ClH.Zr/c1-10(2)15-9-11-7-6-8-12(13(11)16)14(3,4)5;;;/h6-10,16H,1-5H3;2*1H;/q;;;+2/p-2. The average Bonchev–Trinajstić information content (AvgIpc) is 2.27. The van der Waals surface area contributed by atoms with E-state index in [-0.39, 0.29) is 11.5 Å². The number of rotatable bonds is 2. The summed E-state index contributed by atoms with van der Waals surface area (Å²) in [5.74, 6) is 0.347. The van der Waals surface area contributed by atoms with Gasteiger partial charge in [-0.25, -0.2) is 0 Å². The van der Waals surface area contributed by atoms with Crippen LogP contribution in [-0.2, 0) is 26.3 Å². The Morgan fingerprint density at radius 1 is 1.26 bits per heavy atom. The molecule has 0 fully saturated rings. The summed E-state index contributed by atoms with van der Waals surface area (Å²) < 4.78 is 0. The first-order chi connectivity index (χ1) is 8.73. The van der Waals surface area contributed by atoms with Crippen LogP contribution >= 0.6 is 17.0 Å². The summed E-state index contributed by atoms with van der Waals surface area (Å²) in [7, 11) is 9.87. The molecular formula is C14H21Cl2NOZr. The molecule has 1 rings (SSSR count). The number of hydrogen-bond donors (Lipinski definition) is 1. The second-order valence-electron chi connectivity index (χ2n) is 5.44. The molecule has 0 saturated heterocycles. The summed E-state index contributed by atoms with van der Waals surface area (Å²) >= 11 is -0.826. The molecule has 1 aromatic rings. The topological polar surface area (TPSA) is 32.6 Å². The summed E-state index contributed by atoms with van der Waals surface area (Å²) in [6, 6.07) is 6.05. The summed E-state index contributed by atoms with van der Waals surface area (Å²) in [5.41, 5.74) is 1.70. The van der Waals surface area contributed by atoms with Gasteiger partial charge in [0.25, 0.3) is 0 Å². The Bertz CT molecular complexity index is 414. The molecule has 2 nitrogen and oxygen atoms in total. The van der Waals surface area contributed by atoms with Crippen LogP contribution in [-0.4, -0.2) is 17.4 Å². The van der Waals surface area contributed by atoms with Crippen LogP contribution in [0.5, 0.6) is 5.75 Å². The van der Waals surface area contributed by atoms with Crippen molar-refractivity contribution in [2.45, 2.75) is 46.1 Å². The van der Waals surface area contributed by atoms with E-state index in [2.05, 4.69) is 25.8 Å². The van der Waals surface area contributed by atoms with E-state index in [0.29, 0.717) is 5.75 Å². The van der Waals surface area contributed by atoms with E-state index < -0.39 is 20.8 Å². The Morgan fingerprint density at radius 3 is 2.21 bits per heavy atom. The molecule has 0 unspecified atom stereocenters. The van der Waals surface area contributed by atoms with Gasteiger partial charge >= 0.3 is 37.9 Å². The number of para-hydroxylation sites is 1. The number of benzene rings is 1. The fourth-order valence-electron chi connectivity index (χ4n) is 1.50. The monoisotopic (exact) mass is 379 g/mol. The average molecular weight is 381 g/mol. The van der Waals surface area contributed by atoms with Crippen molar-refractivity contribution in [3.05, 3.63) is 29.3 Å². The maximum atomic E-state index is 10.1. The molecule has 0 aliphatic carbocycles. The van der Waals surface area contributed by atoms with Gasteiger partial charge in [-0.05, 0) is 30.9 Å². The van der Waals surface area contributed by atoms with Gasteiger partial charge in [-0.15, -0.1) is 0 Å². The minimum absolute atomic E-state index is 0.0498. The SMILES string of the molecule is CC(C)N=Cc1cccc(C(C)(C)C)c1O.[Cl][Zr][Cl]. The second-order valence-corrected chi connectivity index (χ2v) is 9.17. The van der Waals surface area contributed by atoms with Crippen molar-refractivity contribution in [1.82, 2.24) is 0 Å². The van der Waals surface area contributed by atoms with Gasteiger partial charge < -0.3 is 5.11 Å². The first-order valence-electron chi connectivity index (χ1n) is 6.06. The van der Waals surface area contributed by atoms with Gasteiger partial charge in [0.15, 0.2) is 0 Å². The summed E-state index contributed by atoms with van der Waals surface area (Å²) in [6.07, 6.45) is 1.75. The molecule has 106 valence electrons. The van der Waals surface area contributed by atoms with Gasteiger partial charge in [0.05, 0.1) is 0 Å². The van der Waals surface area contributed by atoms with E-state index in [0.717, 1.165) is 11.1 Å². The van der Waals surface area contributed by atoms with Crippen LogP contribution in [0.25, 0.3) is 0 Å². The maximum absolute atomic E-state index is 10.1. The quantitative estimate of drug-likeness (QED) is 0.727. The summed E-state index contributed by atoms with van der Waals surface area (Å²) in [5, 5.41) is 10.1. The van der Waals surface area contributed by atoms with E-state index >= 15 is 0 Å². The molecule has 0 spiro atoms. The van der Waals surface area contributed by atoms with Crippen LogP contribution < -0.4 is 0 Å². The van der Waals surface area contributed by atoms with Crippen LogP contribution in [0.3, 0.4) is 0 Å². The summed E-state index contributed by atoms with van der Waals surface area (Å²) in [6.45, 7) is 10.3. The molecule has 0 aliphatic heterocycles. The van der Waals surface area contributed by atoms with Crippen molar-refractivity contribution in [3.8, 4) is 5.75 Å². The number of halogens is 2. The molecule has 0 bridgehead atoms. The van der Waals surface area contributed by atoms with Gasteiger partial charge in [0.1, 0.15) is 5.75 Å². The fraction of sp³-hybridized carbons (Fsp3) is 0.500. The molecule has 0 heterocycles. The van der Waals surface area contributed by atoms with E-state index in [1.165, 1.54) is 0 Å². The van der Waals surface area contributed by atoms with E-state index in [9.17, 15) is 5.11 Å². The zero-order valence-corrected chi connectivity index (χ0v) is 16.0. The summed E-state index contributed by atoms with van der Waals surface area (Å²) in [4.78, 5) is 4.29. The Hall–Kier alpha value is 0.153. The third-order valence-electron chi connectivity index (χ3n) is 2.39. The Balaban J connectivity index is 0.000000982. The molecule has 0 radical (unpaired) electrons. The third kappa shape index (κ3) is 7.49. The Kier molecular flexibility index (Phi) is 9.23. The number of nitrogens with zero attached hydrogens (tertiary/aromatic N) is 1. The van der Waals surface area contributed by atoms with Gasteiger partial charge in [0, 0.05) is 17.8 Å². The molecule has 0 aliphatic rings. The van der Waals surface area contributed by atoms with Crippen molar-refractivity contribution in [2.75, 3.05) is 0 Å². The van der Waals surface area contributed by atoms with Crippen molar-refractivity contribution in [3.63, 3.8) is 0 Å². The molecule has 0 amide bonds. The predicted octanol–water partition coefficient (Wildman–Crippen LogP) is 4.89. The number of phenolic OH excluding ortho intramolecular Hbond substituents is 1. The van der Waals surface area contributed by atoms with Gasteiger partial charge in [-0.2, -0.15) is 0 Å². The van der Waals surface area contributed by atoms with Gasteiger partial charge in [0.2, 0.25) is 0 Å². The van der Waals surface area contributed by atoms with Crippen LogP contribution in [0.15, 0.2) is 23.2 Å². The minimum atomic E-state index is -0.826. The first kappa shape index (κ1) is 19.2. The molecule has 0 saturated carbocycles. The third-order valence-corrected chi connectivity index (χ3v) is 2.39. The second kappa shape index (κ2) is 9.16. The van der Waals surface area contributed by atoms with Crippen molar-refractivity contribution >= 4 is 23.2 Å². The molecule has 0 atom stereocenters. The van der Waals surface area contributed by atoms with Gasteiger partial charge in [-0.1, -0.05) is 32.9 Å².